The number of rotatable bonds is 5. The molecule has 3 heterocycles. The fraction of sp³-hybridized carbons (Fsp3) is 0.414. The highest BCUT2D eigenvalue weighted by Gasteiger charge is 2.38. The van der Waals surface area contributed by atoms with Gasteiger partial charge in [-0.1, -0.05) is 56.3 Å². The first-order valence-electron chi connectivity index (χ1n) is 12.9. The third-order valence-electron chi connectivity index (χ3n) is 6.96. The van der Waals surface area contributed by atoms with Gasteiger partial charge in [0.1, 0.15) is 23.9 Å². The van der Waals surface area contributed by atoms with E-state index in [0.717, 1.165) is 30.5 Å². The number of fused-ring (bicyclic) bond motifs is 10. The number of carbonyl (C=O) groups excluding carboxylic acids is 3. The number of benzene rings is 2. The van der Waals surface area contributed by atoms with Gasteiger partial charge in [-0.2, -0.15) is 0 Å². The molecule has 0 spiro atoms. The molecule has 3 aliphatic rings. The number of hydrogen-bond donors (Lipinski definition) is 3. The Labute approximate surface area is 218 Å². The van der Waals surface area contributed by atoms with Crippen LogP contribution >= 0.6 is 0 Å². The predicted molar refractivity (Wildman–Crippen MR) is 143 cm³/mol. The lowest BCUT2D eigenvalue weighted by atomic mass is 9.96. The summed E-state index contributed by atoms with van der Waals surface area (Å²) in [5, 5.41) is 8.68. The molecular formula is C29H36N4O4. The molecule has 8 heteroatoms. The summed E-state index contributed by atoms with van der Waals surface area (Å²) in [5.74, 6) is -0.516. The summed E-state index contributed by atoms with van der Waals surface area (Å²) < 4.78 is 6.31. The Morgan fingerprint density at radius 3 is 2.46 bits per heavy atom. The quantitative estimate of drug-likeness (QED) is 0.581. The molecule has 1 fully saturated rings. The van der Waals surface area contributed by atoms with E-state index in [4.69, 9.17) is 4.74 Å². The molecule has 4 atom stereocenters. The molecule has 3 amide bonds. The standard InChI is InChI=1S/C29H36N4O4/c1-19(2)26-25(32-28(35)24-10-7-17-33(24)3)29(36)31-23(18-21-8-5-4-6-9-21)27(34)30-16-15-20-11-13-22(37-26)14-12-20/h4-6,8-9,11-16,19,23-26H,7,10,17-18H2,1-3H3,(H,30,34)(H,31,36)(H,32,35)/b16-15-/t23-,24-,25-,26-/m1/s1. The highest BCUT2D eigenvalue weighted by Crippen LogP contribution is 2.22. The van der Waals surface area contributed by atoms with E-state index in [1.165, 1.54) is 0 Å². The minimum atomic E-state index is -0.995. The molecule has 2 bridgehead atoms. The van der Waals surface area contributed by atoms with Crippen LogP contribution in [-0.4, -0.2) is 60.4 Å². The van der Waals surface area contributed by atoms with Crippen molar-refractivity contribution < 1.29 is 19.1 Å². The summed E-state index contributed by atoms with van der Waals surface area (Å²) in [5.41, 5.74) is 1.80. The van der Waals surface area contributed by atoms with Crippen molar-refractivity contribution >= 4 is 23.8 Å². The van der Waals surface area contributed by atoms with Gasteiger partial charge in [-0.25, -0.2) is 0 Å². The zero-order valence-corrected chi connectivity index (χ0v) is 21.6. The van der Waals surface area contributed by atoms with E-state index in [1.807, 2.05) is 80.4 Å². The van der Waals surface area contributed by atoms with Crippen molar-refractivity contribution in [2.24, 2.45) is 5.92 Å². The second kappa shape index (κ2) is 12.1. The van der Waals surface area contributed by atoms with Crippen LogP contribution < -0.4 is 20.7 Å². The van der Waals surface area contributed by atoms with Gasteiger partial charge in [0.05, 0.1) is 6.04 Å². The topological polar surface area (TPSA) is 99.8 Å². The molecule has 0 saturated carbocycles. The summed E-state index contributed by atoms with van der Waals surface area (Å²) in [4.78, 5) is 42.3. The molecule has 0 radical (unpaired) electrons. The van der Waals surface area contributed by atoms with E-state index in [1.54, 1.807) is 12.3 Å². The Bertz CT molecular complexity index is 1120. The maximum atomic E-state index is 13.8. The largest absolute Gasteiger partial charge is 0.487 e. The van der Waals surface area contributed by atoms with Crippen molar-refractivity contribution in [3.8, 4) is 5.75 Å². The number of likely N-dealkylation sites (N-methyl/N-ethyl adjacent to an activating group) is 1. The number of amides is 3. The Balaban J connectivity index is 1.68. The SMILES string of the molecule is CC(C)[C@H]1Oc2ccc(cc2)/C=C\NC(=O)[C@@H](Cc2ccccc2)NC(=O)[C@@H]1NC(=O)[C@H]1CCCN1C. The van der Waals surface area contributed by atoms with Crippen molar-refractivity contribution in [1.82, 2.24) is 20.9 Å². The van der Waals surface area contributed by atoms with Crippen LogP contribution in [0.5, 0.6) is 5.75 Å². The third-order valence-corrected chi connectivity index (χ3v) is 6.96. The number of carbonyl (C=O) groups is 3. The van der Waals surface area contributed by atoms with Gasteiger partial charge >= 0.3 is 0 Å². The van der Waals surface area contributed by atoms with Crippen molar-refractivity contribution in [1.29, 1.82) is 0 Å². The Morgan fingerprint density at radius 2 is 1.81 bits per heavy atom. The van der Waals surface area contributed by atoms with Gasteiger partial charge in [0.2, 0.25) is 17.7 Å². The van der Waals surface area contributed by atoms with Crippen LogP contribution in [0.3, 0.4) is 0 Å². The highest BCUT2D eigenvalue weighted by molar-refractivity contribution is 5.94. The van der Waals surface area contributed by atoms with Crippen molar-refractivity contribution in [2.75, 3.05) is 13.6 Å². The molecule has 196 valence electrons. The van der Waals surface area contributed by atoms with Gasteiger partial charge in [0.25, 0.3) is 0 Å². The Kier molecular flexibility index (Phi) is 8.61. The highest BCUT2D eigenvalue weighted by atomic mass is 16.5. The average Bonchev–Trinajstić information content (AvgIpc) is 3.32. The van der Waals surface area contributed by atoms with Crippen molar-refractivity contribution in [3.05, 3.63) is 71.9 Å². The fourth-order valence-electron chi connectivity index (χ4n) is 4.83. The first-order valence-corrected chi connectivity index (χ1v) is 12.9. The van der Waals surface area contributed by atoms with Crippen molar-refractivity contribution in [2.45, 2.75) is 57.3 Å². The molecule has 0 aliphatic carbocycles. The normalized spacial score (nSPS) is 25.6. The Hall–Kier alpha value is -3.65. The lowest BCUT2D eigenvalue weighted by Gasteiger charge is -2.33. The summed E-state index contributed by atoms with van der Waals surface area (Å²) in [6.07, 6.45) is 4.67. The van der Waals surface area contributed by atoms with Crippen LogP contribution in [0.1, 0.15) is 37.8 Å². The molecule has 37 heavy (non-hydrogen) atoms. The van der Waals surface area contributed by atoms with Crippen molar-refractivity contribution in [3.63, 3.8) is 0 Å². The van der Waals surface area contributed by atoms with Gasteiger partial charge < -0.3 is 20.7 Å². The van der Waals surface area contributed by atoms with E-state index in [0.29, 0.717) is 12.2 Å². The molecule has 0 aromatic heterocycles. The second-order valence-corrected chi connectivity index (χ2v) is 10.1. The lowest BCUT2D eigenvalue weighted by Crippen LogP contribution is -2.61. The number of nitrogens with one attached hydrogen (secondary N) is 3. The van der Waals surface area contributed by atoms with Gasteiger partial charge in [-0.3, -0.25) is 19.3 Å². The molecular weight excluding hydrogens is 468 g/mol. The maximum Gasteiger partial charge on any atom is 0.247 e. The first-order chi connectivity index (χ1) is 17.8. The van der Waals surface area contributed by atoms with E-state index in [9.17, 15) is 14.4 Å². The molecule has 2 aromatic carbocycles. The Morgan fingerprint density at radius 1 is 1.08 bits per heavy atom. The van der Waals surface area contributed by atoms with E-state index >= 15 is 0 Å². The fourth-order valence-corrected chi connectivity index (χ4v) is 4.83. The molecule has 8 nitrogen and oxygen atoms in total. The summed E-state index contributed by atoms with van der Waals surface area (Å²) in [6, 6.07) is 14.8. The number of likely N-dealkylation sites (tertiary alicyclic amines) is 1. The summed E-state index contributed by atoms with van der Waals surface area (Å²) in [6.45, 7) is 4.73. The van der Waals surface area contributed by atoms with Crippen LogP contribution in [0, 0.1) is 5.92 Å². The average molecular weight is 505 g/mol. The monoisotopic (exact) mass is 504 g/mol. The van der Waals surface area contributed by atoms with E-state index in [2.05, 4.69) is 16.0 Å². The van der Waals surface area contributed by atoms with Gasteiger partial charge in [0, 0.05) is 12.6 Å². The second-order valence-electron chi connectivity index (χ2n) is 10.1. The first kappa shape index (κ1) is 26.4. The van der Waals surface area contributed by atoms with Gasteiger partial charge in [-0.15, -0.1) is 0 Å². The molecule has 3 aliphatic heterocycles. The van der Waals surface area contributed by atoms with Crippen LogP contribution in [0.4, 0.5) is 0 Å². The molecule has 3 N–H and O–H groups in total. The summed E-state index contributed by atoms with van der Waals surface area (Å²) in [7, 11) is 1.91. The summed E-state index contributed by atoms with van der Waals surface area (Å²) >= 11 is 0. The van der Waals surface area contributed by atoms with Crippen LogP contribution in [-0.2, 0) is 20.8 Å². The van der Waals surface area contributed by atoms with Gasteiger partial charge in [0.15, 0.2) is 0 Å². The minimum absolute atomic E-state index is 0.105. The smallest absolute Gasteiger partial charge is 0.247 e. The van der Waals surface area contributed by atoms with E-state index in [-0.39, 0.29) is 23.8 Å². The number of nitrogens with zero attached hydrogens (tertiary/aromatic N) is 1. The van der Waals surface area contributed by atoms with E-state index < -0.39 is 24.1 Å². The lowest BCUT2D eigenvalue weighted by molar-refractivity contribution is -0.135. The van der Waals surface area contributed by atoms with Crippen LogP contribution in [0.15, 0.2) is 60.8 Å². The number of ether oxygens (including phenoxy) is 1. The molecule has 5 rings (SSSR count). The zero-order chi connectivity index (χ0) is 26.4. The minimum Gasteiger partial charge on any atom is -0.487 e. The molecule has 2 aromatic rings. The van der Waals surface area contributed by atoms with Gasteiger partial charge in [-0.05, 0) is 61.7 Å². The third kappa shape index (κ3) is 6.77. The molecule has 1 saturated heterocycles. The molecule has 0 unspecified atom stereocenters. The maximum absolute atomic E-state index is 13.8. The van der Waals surface area contributed by atoms with Crippen LogP contribution in [0.2, 0.25) is 0 Å². The predicted octanol–water partition coefficient (Wildman–Crippen LogP) is 2.50. The van der Waals surface area contributed by atoms with Crippen LogP contribution in [0.25, 0.3) is 6.08 Å². The zero-order valence-electron chi connectivity index (χ0n) is 21.6. The number of hydrogen-bond acceptors (Lipinski definition) is 5.